The van der Waals surface area contributed by atoms with Gasteiger partial charge in [0, 0.05) is 18.8 Å². The second-order valence-electron chi connectivity index (χ2n) is 3.32. The summed E-state index contributed by atoms with van der Waals surface area (Å²) in [6, 6.07) is 7.60. The highest BCUT2D eigenvalue weighted by Crippen LogP contribution is 2.23. The zero-order valence-electron chi connectivity index (χ0n) is 9.08. The summed E-state index contributed by atoms with van der Waals surface area (Å²) in [6.07, 6.45) is 0.903. The molecule has 0 bridgehead atoms. The molecule has 1 aromatic carbocycles. The van der Waals surface area contributed by atoms with Crippen LogP contribution in [0.3, 0.4) is 0 Å². The minimum absolute atomic E-state index is 0.247. The third-order valence-electron chi connectivity index (χ3n) is 2.13. The number of hydrogen-bond donors (Lipinski definition) is 1. The Bertz CT molecular complexity index is 514. The summed E-state index contributed by atoms with van der Waals surface area (Å²) in [4.78, 5) is 3.53. The van der Waals surface area contributed by atoms with Gasteiger partial charge in [-0.15, -0.1) is 0 Å². The van der Waals surface area contributed by atoms with Crippen molar-refractivity contribution < 1.29 is 13.5 Å². The van der Waals surface area contributed by atoms with Crippen molar-refractivity contribution in [2.24, 2.45) is 0 Å². The predicted octanol–water partition coefficient (Wildman–Crippen LogP) is 3.19. The van der Waals surface area contributed by atoms with E-state index in [1.54, 1.807) is 31.3 Å². The van der Waals surface area contributed by atoms with Crippen LogP contribution < -0.4 is 10.1 Å². The third kappa shape index (κ3) is 2.69. The van der Waals surface area contributed by atoms with Crippen LogP contribution in [0, 0.1) is 11.6 Å². The van der Waals surface area contributed by atoms with Crippen LogP contribution in [0.5, 0.6) is 11.6 Å². The van der Waals surface area contributed by atoms with Crippen molar-refractivity contribution in [1.29, 1.82) is 0 Å². The van der Waals surface area contributed by atoms with Crippen molar-refractivity contribution in [2.45, 2.75) is 0 Å². The molecule has 2 aromatic rings. The average molecular weight is 236 g/mol. The summed E-state index contributed by atoms with van der Waals surface area (Å²) in [6.45, 7) is 0. The van der Waals surface area contributed by atoms with E-state index in [0.717, 1.165) is 18.0 Å². The molecule has 0 fully saturated rings. The van der Waals surface area contributed by atoms with Crippen molar-refractivity contribution in [3.05, 3.63) is 48.2 Å². The minimum Gasteiger partial charge on any atom is -0.436 e. The maximum Gasteiger partial charge on any atom is 0.256 e. The number of hydrogen-bond acceptors (Lipinski definition) is 3. The topological polar surface area (TPSA) is 34.1 Å². The molecular formula is C12H10F2N2O. The van der Waals surface area contributed by atoms with E-state index in [-0.39, 0.29) is 5.88 Å². The molecule has 3 nitrogen and oxygen atoms in total. The van der Waals surface area contributed by atoms with Gasteiger partial charge in [-0.05, 0) is 24.3 Å². The molecular weight excluding hydrogens is 226 g/mol. The van der Waals surface area contributed by atoms with Crippen molar-refractivity contribution in [3.8, 4) is 11.6 Å². The van der Waals surface area contributed by atoms with Gasteiger partial charge in [0.25, 0.3) is 5.88 Å². The SMILES string of the molecule is CNc1ccc(Oc2ncc(F)cc2F)cc1. The number of halogens is 2. The number of pyridine rings is 1. The largest absolute Gasteiger partial charge is 0.436 e. The molecule has 1 heterocycles. The lowest BCUT2D eigenvalue weighted by atomic mass is 10.3. The first-order valence-electron chi connectivity index (χ1n) is 4.96. The molecule has 1 N–H and O–H groups in total. The Labute approximate surface area is 97.1 Å². The Balaban J connectivity index is 2.19. The highest BCUT2D eigenvalue weighted by atomic mass is 19.1. The van der Waals surface area contributed by atoms with E-state index in [2.05, 4.69) is 10.3 Å². The van der Waals surface area contributed by atoms with Crippen molar-refractivity contribution in [1.82, 2.24) is 4.98 Å². The summed E-state index contributed by atoms with van der Waals surface area (Å²) >= 11 is 0. The Morgan fingerprint density at radius 3 is 2.47 bits per heavy atom. The fourth-order valence-electron chi connectivity index (χ4n) is 1.28. The Kier molecular flexibility index (Phi) is 3.18. The average Bonchev–Trinajstić information content (AvgIpc) is 2.34. The fourth-order valence-corrected chi connectivity index (χ4v) is 1.28. The van der Waals surface area contributed by atoms with Gasteiger partial charge in [0.1, 0.15) is 11.6 Å². The molecule has 2 rings (SSSR count). The zero-order chi connectivity index (χ0) is 12.3. The molecule has 88 valence electrons. The summed E-state index contributed by atoms with van der Waals surface area (Å²) in [7, 11) is 1.79. The molecule has 0 aliphatic rings. The number of benzene rings is 1. The monoisotopic (exact) mass is 236 g/mol. The first-order chi connectivity index (χ1) is 8.19. The van der Waals surface area contributed by atoms with E-state index < -0.39 is 11.6 Å². The Morgan fingerprint density at radius 1 is 1.18 bits per heavy atom. The molecule has 0 spiro atoms. The van der Waals surface area contributed by atoms with E-state index in [0.29, 0.717) is 5.75 Å². The van der Waals surface area contributed by atoms with Crippen LogP contribution in [0.15, 0.2) is 36.5 Å². The Hall–Kier alpha value is -2.17. The van der Waals surface area contributed by atoms with Gasteiger partial charge >= 0.3 is 0 Å². The van der Waals surface area contributed by atoms with Crippen molar-refractivity contribution in [2.75, 3.05) is 12.4 Å². The molecule has 0 unspecified atom stereocenters. The van der Waals surface area contributed by atoms with Crippen LogP contribution in [0.4, 0.5) is 14.5 Å². The van der Waals surface area contributed by atoms with Crippen LogP contribution >= 0.6 is 0 Å². The van der Waals surface area contributed by atoms with Gasteiger partial charge in [0.15, 0.2) is 5.82 Å². The second-order valence-corrected chi connectivity index (χ2v) is 3.32. The third-order valence-corrected chi connectivity index (χ3v) is 2.13. The van der Waals surface area contributed by atoms with Gasteiger partial charge in [0.2, 0.25) is 0 Å². The van der Waals surface area contributed by atoms with Gasteiger partial charge in [-0.1, -0.05) is 0 Å². The van der Waals surface area contributed by atoms with E-state index in [4.69, 9.17) is 4.74 Å². The fraction of sp³-hybridized carbons (Fsp3) is 0.0833. The number of anilines is 1. The number of nitrogens with one attached hydrogen (secondary N) is 1. The molecule has 0 atom stereocenters. The number of ether oxygens (including phenoxy) is 1. The maximum atomic E-state index is 13.2. The molecule has 5 heteroatoms. The van der Waals surface area contributed by atoms with E-state index in [1.165, 1.54) is 0 Å². The number of rotatable bonds is 3. The number of nitrogens with zero attached hydrogens (tertiary/aromatic N) is 1. The van der Waals surface area contributed by atoms with Gasteiger partial charge in [0.05, 0.1) is 6.20 Å². The highest BCUT2D eigenvalue weighted by Gasteiger charge is 2.07. The second kappa shape index (κ2) is 4.78. The summed E-state index contributed by atoms with van der Waals surface area (Å²) in [5, 5.41) is 2.94. The van der Waals surface area contributed by atoms with Gasteiger partial charge in [-0.2, -0.15) is 0 Å². The molecule has 0 saturated heterocycles. The van der Waals surface area contributed by atoms with Gasteiger partial charge in [-0.25, -0.2) is 13.8 Å². The molecule has 0 radical (unpaired) electrons. The first kappa shape index (κ1) is 11.3. The normalized spacial score (nSPS) is 10.1. The first-order valence-corrected chi connectivity index (χ1v) is 4.96. The standard InChI is InChI=1S/C12H10F2N2O/c1-15-9-2-4-10(5-3-9)17-12-11(14)6-8(13)7-16-12/h2-7,15H,1H3. The lowest BCUT2D eigenvalue weighted by Gasteiger charge is -2.06. The zero-order valence-corrected chi connectivity index (χ0v) is 9.08. The lowest BCUT2D eigenvalue weighted by Crippen LogP contribution is -1.93. The van der Waals surface area contributed by atoms with Crippen LogP contribution in [0.1, 0.15) is 0 Å². The quantitative estimate of drug-likeness (QED) is 0.888. The molecule has 17 heavy (non-hydrogen) atoms. The summed E-state index contributed by atoms with van der Waals surface area (Å²) in [5.41, 5.74) is 0.907. The lowest BCUT2D eigenvalue weighted by molar-refractivity contribution is 0.417. The molecule has 0 aliphatic carbocycles. The smallest absolute Gasteiger partial charge is 0.256 e. The maximum absolute atomic E-state index is 13.2. The van der Waals surface area contributed by atoms with E-state index >= 15 is 0 Å². The van der Waals surface area contributed by atoms with Crippen LogP contribution in [-0.2, 0) is 0 Å². The van der Waals surface area contributed by atoms with Crippen LogP contribution in [-0.4, -0.2) is 12.0 Å². The van der Waals surface area contributed by atoms with Gasteiger partial charge < -0.3 is 10.1 Å². The Morgan fingerprint density at radius 2 is 1.88 bits per heavy atom. The molecule has 0 amide bonds. The van der Waals surface area contributed by atoms with Crippen molar-refractivity contribution >= 4 is 5.69 Å². The van der Waals surface area contributed by atoms with E-state index in [1.807, 2.05) is 0 Å². The van der Waals surface area contributed by atoms with Crippen LogP contribution in [0.2, 0.25) is 0 Å². The van der Waals surface area contributed by atoms with Crippen LogP contribution in [0.25, 0.3) is 0 Å². The van der Waals surface area contributed by atoms with E-state index in [9.17, 15) is 8.78 Å². The summed E-state index contributed by atoms with van der Waals surface area (Å²) in [5.74, 6) is -1.38. The van der Waals surface area contributed by atoms with Crippen molar-refractivity contribution in [3.63, 3.8) is 0 Å². The molecule has 0 aliphatic heterocycles. The minimum atomic E-state index is -0.831. The van der Waals surface area contributed by atoms with Gasteiger partial charge in [-0.3, -0.25) is 0 Å². The number of aromatic nitrogens is 1. The summed E-state index contributed by atoms with van der Waals surface area (Å²) < 4.78 is 31.0. The molecule has 1 aromatic heterocycles. The molecule has 0 saturated carbocycles. The predicted molar refractivity (Wildman–Crippen MR) is 60.2 cm³/mol. The highest BCUT2D eigenvalue weighted by molar-refractivity contribution is 5.46.